The van der Waals surface area contributed by atoms with E-state index in [4.69, 9.17) is 5.73 Å². The smallest absolute Gasteiger partial charge is 0.319 e. The molecule has 0 bridgehead atoms. The van der Waals surface area contributed by atoms with E-state index in [1.807, 2.05) is 24.3 Å². The van der Waals surface area contributed by atoms with E-state index in [0.29, 0.717) is 18.1 Å². The van der Waals surface area contributed by atoms with Crippen LogP contribution in [0.5, 0.6) is 0 Å². The van der Waals surface area contributed by atoms with Gasteiger partial charge in [-0.1, -0.05) is 12.1 Å². The van der Waals surface area contributed by atoms with Crippen molar-refractivity contribution in [3.8, 4) is 0 Å². The number of amides is 2. The van der Waals surface area contributed by atoms with Gasteiger partial charge in [-0.15, -0.1) is 0 Å². The van der Waals surface area contributed by atoms with Crippen molar-refractivity contribution in [2.45, 2.75) is 25.4 Å². The second kappa shape index (κ2) is 6.68. The second-order valence-electron chi connectivity index (χ2n) is 4.62. The molecule has 1 saturated heterocycles. The number of anilines is 1. The number of nitrogens with two attached hydrogens (primary N) is 1. The quantitative estimate of drug-likeness (QED) is 0.778. The average Bonchev–Trinajstić information content (AvgIpc) is 2.42. The first-order valence-electron chi connectivity index (χ1n) is 6.39. The molecule has 1 aromatic rings. The van der Waals surface area contributed by atoms with Gasteiger partial charge in [0.2, 0.25) is 0 Å². The van der Waals surface area contributed by atoms with E-state index >= 15 is 0 Å². The number of benzene rings is 1. The third-order valence-corrected chi connectivity index (χ3v) is 4.55. The normalized spacial score (nSPS) is 22.8. The summed E-state index contributed by atoms with van der Waals surface area (Å²) in [7, 11) is -0.701. The molecule has 1 aliphatic rings. The highest BCUT2D eigenvalue weighted by atomic mass is 32.2. The van der Waals surface area contributed by atoms with Crippen LogP contribution in [0.3, 0.4) is 0 Å². The number of hydrogen-bond acceptors (Lipinski definition) is 3. The molecule has 0 spiro atoms. The summed E-state index contributed by atoms with van der Waals surface area (Å²) < 4.78 is 11.2. The van der Waals surface area contributed by atoms with Gasteiger partial charge in [0.25, 0.3) is 0 Å². The summed E-state index contributed by atoms with van der Waals surface area (Å²) in [6.07, 6.45) is 1.57. The zero-order valence-corrected chi connectivity index (χ0v) is 11.5. The Kier molecular flexibility index (Phi) is 4.93. The Morgan fingerprint density at radius 2 is 1.89 bits per heavy atom. The van der Waals surface area contributed by atoms with Crippen molar-refractivity contribution in [3.05, 3.63) is 29.8 Å². The van der Waals surface area contributed by atoms with Gasteiger partial charge in [-0.3, -0.25) is 4.21 Å². The summed E-state index contributed by atoms with van der Waals surface area (Å²) in [5.74, 6) is 1.35. The van der Waals surface area contributed by atoms with Crippen LogP contribution in [0.1, 0.15) is 18.4 Å². The number of hydrogen-bond donors (Lipinski definition) is 3. The SMILES string of the molecule is NCc1ccc(NC(=O)NC2CCS(=O)CC2)cc1. The molecule has 19 heavy (non-hydrogen) atoms. The number of rotatable bonds is 3. The van der Waals surface area contributed by atoms with Crippen molar-refractivity contribution in [1.82, 2.24) is 5.32 Å². The average molecular weight is 281 g/mol. The Balaban J connectivity index is 1.81. The van der Waals surface area contributed by atoms with Crippen LogP contribution in [0, 0.1) is 0 Å². The topological polar surface area (TPSA) is 84.2 Å². The summed E-state index contributed by atoms with van der Waals surface area (Å²) in [4.78, 5) is 11.8. The Bertz CT molecular complexity index is 451. The molecule has 0 saturated carbocycles. The molecule has 0 unspecified atom stereocenters. The summed E-state index contributed by atoms with van der Waals surface area (Å²) in [6, 6.07) is 7.35. The molecule has 0 radical (unpaired) electrons. The van der Waals surface area contributed by atoms with E-state index in [9.17, 15) is 9.00 Å². The first kappa shape index (κ1) is 14.0. The van der Waals surface area contributed by atoms with Gasteiger partial charge >= 0.3 is 6.03 Å². The molecule has 104 valence electrons. The predicted molar refractivity (Wildman–Crippen MR) is 77.4 cm³/mol. The van der Waals surface area contributed by atoms with Crippen molar-refractivity contribution in [1.29, 1.82) is 0 Å². The Morgan fingerprint density at radius 1 is 1.26 bits per heavy atom. The van der Waals surface area contributed by atoms with Gasteiger partial charge in [0.05, 0.1) is 0 Å². The number of urea groups is 1. The van der Waals surface area contributed by atoms with Gasteiger partial charge in [-0.2, -0.15) is 0 Å². The zero-order chi connectivity index (χ0) is 13.7. The van der Waals surface area contributed by atoms with Crippen LogP contribution in [0.15, 0.2) is 24.3 Å². The maximum atomic E-state index is 11.8. The second-order valence-corrected chi connectivity index (χ2v) is 6.32. The maximum Gasteiger partial charge on any atom is 0.319 e. The van der Waals surface area contributed by atoms with Crippen LogP contribution in [0.2, 0.25) is 0 Å². The van der Waals surface area contributed by atoms with Crippen molar-refractivity contribution >= 4 is 22.5 Å². The van der Waals surface area contributed by atoms with Crippen molar-refractivity contribution in [2.75, 3.05) is 16.8 Å². The first-order chi connectivity index (χ1) is 9.17. The third-order valence-electron chi connectivity index (χ3n) is 3.17. The minimum Gasteiger partial charge on any atom is -0.335 e. The third kappa shape index (κ3) is 4.33. The summed E-state index contributed by atoms with van der Waals surface area (Å²) in [5.41, 5.74) is 7.28. The van der Waals surface area contributed by atoms with Gasteiger partial charge < -0.3 is 16.4 Å². The van der Waals surface area contributed by atoms with E-state index in [1.165, 1.54) is 0 Å². The number of nitrogens with one attached hydrogen (secondary N) is 2. The van der Waals surface area contributed by atoms with E-state index in [2.05, 4.69) is 10.6 Å². The number of carbonyl (C=O) groups excluding carboxylic acids is 1. The van der Waals surface area contributed by atoms with Crippen LogP contribution in [0.4, 0.5) is 10.5 Å². The fourth-order valence-electron chi connectivity index (χ4n) is 2.01. The molecule has 0 aliphatic carbocycles. The lowest BCUT2D eigenvalue weighted by Gasteiger charge is -2.22. The fourth-order valence-corrected chi connectivity index (χ4v) is 3.31. The minimum absolute atomic E-state index is 0.126. The molecule has 2 amide bonds. The zero-order valence-electron chi connectivity index (χ0n) is 10.7. The largest absolute Gasteiger partial charge is 0.335 e. The summed E-state index contributed by atoms with van der Waals surface area (Å²) in [5, 5.41) is 5.69. The molecular weight excluding hydrogens is 262 g/mol. The molecule has 0 atom stereocenters. The van der Waals surface area contributed by atoms with Crippen molar-refractivity contribution in [2.24, 2.45) is 5.73 Å². The molecule has 6 heteroatoms. The molecule has 1 aromatic carbocycles. The van der Waals surface area contributed by atoms with E-state index in [-0.39, 0.29) is 12.1 Å². The Morgan fingerprint density at radius 3 is 2.47 bits per heavy atom. The molecule has 4 N–H and O–H groups in total. The van der Waals surface area contributed by atoms with Crippen molar-refractivity contribution < 1.29 is 9.00 Å². The van der Waals surface area contributed by atoms with Gasteiger partial charge in [-0.25, -0.2) is 4.79 Å². The summed E-state index contributed by atoms with van der Waals surface area (Å²) >= 11 is 0. The van der Waals surface area contributed by atoms with Crippen LogP contribution in [-0.4, -0.2) is 27.8 Å². The molecular formula is C13H19N3O2S. The van der Waals surface area contributed by atoms with Crippen molar-refractivity contribution in [3.63, 3.8) is 0 Å². The summed E-state index contributed by atoms with van der Waals surface area (Å²) in [6.45, 7) is 0.492. The molecule has 0 aromatic heterocycles. The highest BCUT2D eigenvalue weighted by Gasteiger charge is 2.19. The number of carbonyl (C=O) groups is 1. The molecule has 1 fully saturated rings. The monoisotopic (exact) mass is 281 g/mol. The lowest BCUT2D eigenvalue weighted by Crippen LogP contribution is -2.41. The standard InChI is InChI=1S/C13H19N3O2S/c14-9-10-1-3-11(4-2-10)15-13(17)16-12-5-7-19(18)8-6-12/h1-4,12H,5-9,14H2,(H2,15,16,17). The Hall–Kier alpha value is -1.40. The first-order valence-corrected chi connectivity index (χ1v) is 7.87. The van der Waals surface area contributed by atoms with Gasteiger partial charge in [0.1, 0.15) is 0 Å². The van der Waals surface area contributed by atoms with Crippen LogP contribution < -0.4 is 16.4 Å². The van der Waals surface area contributed by atoms with E-state index < -0.39 is 10.8 Å². The van der Waals surface area contributed by atoms with Gasteiger partial charge in [0, 0.05) is 40.6 Å². The molecule has 5 nitrogen and oxygen atoms in total. The lowest BCUT2D eigenvalue weighted by molar-refractivity contribution is 0.247. The van der Waals surface area contributed by atoms with Crippen LogP contribution >= 0.6 is 0 Å². The molecule has 2 rings (SSSR count). The molecule has 1 aliphatic heterocycles. The minimum atomic E-state index is -0.701. The predicted octanol–water partition coefficient (Wildman–Crippen LogP) is 1.18. The Labute approximate surface area is 115 Å². The van der Waals surface area contributed by atoms with Crippen LogP contribution in [0.25, 0.3) is 0 Å². The van der Waals surface area contributed by atoms with Gasteiger partial charge in [-0.05, 0) is 30.5 Å². The van der Waals surface area contributed by atoms with Crippen LogP contribution in [-0.2, 0) is 17.3 Å². The molecule has 1 heterocycles. The fraction of sp³-hybridized carbons (Fsp3) is 0.462. The van der Waals surface area contributed by atoms with E-state index in [1.54, 1.807) is 0 Å². The van der Waals surface area contributed by atoms with E-state index in [0.717, 1.165) is 24.1 Å². The van der Waals surface area contributed by atoms with Gasteiger partial charge in [0.15, 0.2) is 0 Å². The lowest BCUT2D eigenvalue weighted by atomic mass is 10.1. The highest BCUT2D eigenvalue weighted by Crippen LogP contribution is 2.11. The highest BCUT2D eigenvalue weighted by molar-refractivity contribution is 7.85. The maximum absolute atomic E-state index is 11.8.